The molecule has 170 valence electrons. The number of hydrogen-bond acceptors (Lipinski definition) is 6. The summed E-state index contributed by atoms with van der Waals surface area (Å²) in [6.45, 7) is 8.78. The zero-order valence-electron chi connectivity index (χ0n) is 18.9. The molecule has 4 rings (SSSR count). The molecule has 2 aliphatic rings. The summed E-state index contributed by atoms with van der Waals surface area (Å²) in [6, 6.07) is 7.09. The minimum absolute atomic E-state index is 0.0116. The van der Waals surface area contributed by atoms with Crippen molar-refractivity contribution in [2.45, 2.75) is 33.2 Å². The lowest BCUT2D eigenvalue weighted by Crippen LogP contribution is -2.49. The Morgan fingerprint density at radius 1 is 1.16 bits per heavy atom. The molecule has 1 aromatic heterocycles. The number of aliphatic hydroxyl groups excluding tert-OH is 1. The van der Waals surface area contributed by atoms with Crippen LogP contribution in [0.25, 0.3) is 0 Å². The van der Waals surface area contributed by atoms with Crippen molar-refractivity contribution in [1.82, 2.24) is 9.88 Å². The first-order valence-electron chi connectivity index (χ1n) is 11.1. The summed E-state index contributed by atoms with van der Waals surface area (Å²) in [5, 5.41) is 9.50. The summed E-state index contributed by atoms with van der Waals surface area (Å²) >= 11 is 0. The number of piperazine rings is 1. The van der Waals surface area contributed by atoms with Gasteiger partial charge in [0.05, 0.1) is 12.6 Å². The van der Waals surface area contributed by atoms with Crippen molar-refractivity contribution in [2.75, 3.05) is 49.2 Å². The van der Waals surface area contributed by atoms with E-state index >= 15 is 0 Å². The number of nitrogens with zero attached hydrogens (tertiary/aromatic N) is 4. The van der Waals surface area contributed by atoms with Crippen LogP contribution in [-0.2, 0) is 11.2 Å². The molecule has 1 N–H and O–H groups in total. The zero-order valence-corrected chi connectivity index (χ0v) is 18.9. The lowest BCUT2D eigenvalue weighted by atomic mass is 10.0. The van der Waals surface area contributed by atoms with Crippen molar-refractivity contribution < 1.29 is 19.4 Å². The molecule has 2 aliphatic heterocycles. The minimum Gasteiger partial charge on any atom is -0.447 e. The van der Waals surface area contributed by atoms with Gasteiger partial charge in [0.25, 0.3) is 5.91 Å². The van der Waals surface area contributed by atoms with E-state index in [0.29, 0.717) is 24.3 Å². The van der Waals surface area contributed by atoms with Crippen molar-refractivity contribution >= 4 is 23.5 Å². The van der Waals surface area contributed by atoms with Crippen LogP contribution < -0.4 is 9.80 Å². The van der Waals surface area contributed by atoms with E-state index in [2.05, 4.69) is 29.8 Å². The minimum atomic E-state index is -0.477. The highest BCUT2D eigenvalue weighted by atomic mass is 16.6. The Kier molecular flexibility index (Phi) is 6.32. The number of aryl methyl sites for hydroxylation is 3. The van der Waals surface area contributed by atoms with Gasteiger partial charge < -0.3 is 19.6 Å². The number of benzene rings is 1. The molecular formula is C24H30N4O4. The number of anilines is 2. The number of aliphatic hydroxyl groups is 1. The molecule has 2 saturated heterocycles. The first-order valence-corrected chi connectivity index (χ1v) is 11.1. The molecule has 0 aliphatic carbocycles. The van der Waals surface area contributed by atoms with Gasteiger partial charge in [-0.15, -0.1) is 0 Å². The number of carbonyl (C=O) groups excluding carboxylic acids is 2. The number of hydrogen-bond donors (Lipinski definition) is 1. The molecule has 0 spiro atoms. The smallest absolute Gasteiger partial charge is 0.414 e. The largest absolute Gasteiger partial charge is 0.447 e. The van der Waals surface area contributed by atoms with Crippen LogP contribution in [0.2, 0.25) is 0 Å². The Bertz CT molecular complexity index is 1020. The third-order valence-corrected chi connectivity index (χ3v) is 6.27. The predicted molar refractivity (Wildman–Crippen MR) is 122 cm³/mol. The van der Waals surface area contributed by atoms with Crippen molar-refractivity contribution in [3.8, 4) is 0 Å². The summed E-state index contributed by atoms with van der Waals surface area (Å²) in [5.74, 6) is 0.980. The number of ether oxygens (including phenoxy) is 1. The summed E-state index contributed by atoms with van der Waals surface area (Å²) in [4.78, 5) is 35.4. The van der Waals surface area contributed by atoms with Gasteiger partial charge >= 0.3 is 6.09 Å². The molecule has 3 heterocycles. The Labute approximate surface area is 188 Å². The van der Waals surface area contributed by atoms with Crippen molar-refractivity contribution in [3.05, 3.63) is 52.7 Å². The Morgan fingerprint density at radius 3 is 2.53 bits per heavy atom. The van der Waals surface area contributed by atoms with Gasteiger partial charge in [0.15, 0.2) is 0 Å². The van der Waals surface area contributed by atoms with Gasteiger partial charge in [-0.3, -0.25) is 9.69 Å². The molecule has 8 heteroatoms. The highest BCUT2D eigenvalue weighted by Crippen LogP contribution is 2.27. The number of aromatic nitrogens is 1. The van der Waals surface area contributed by atoms with Crippen LogP contribution in [0.3, 0.4) is 0 Å². The van der Waals surface area contributed by atoms with E-state index < -0.39 is 12.1 Å². The average Bonchev–Trinajstić information content (AvgIpc) is 3.19. The monoisotopic (exact) mass is 438 g/mol. The van der Waals surface area contributed by atoms with Crippen molar-refractivity contribution in [2.24, 2.45) is 0 Å². The molecule has 0 radical (unpaired) electrons. The van der Waals surface area contributed by atoms with E-state index in [4.69, 9.17) is 4.74 Å². The highest BCUT2D eigenvalue weighted by Gasteiger charge is 2.34. The van der Waals surface area contributed by atoms with Crippen LogP contribution >= 0.6 is 0 Å². The topological polar surface area (TPSA) is 86.2 Å². The Hall–Kier alpha value is -3.13. The maximum atomic E-state index is 13.2. The van der Waals surface area contributed by atoms with E-state index in [1.165, 1.54) is 10.5 Å². The Morgan fingerprint density at radius 2 is 1.91 bits per heavy atom. The van der Waals surface area contributed by atoms with E-state index in [-0.39, 0.29) is 19.1 Å². The first-order chi connectivity index (χ1) is 15.4. The number of pyridine rings is 1. The van der Waals surface area contributed by atoms with Crippen LogP contribution in [0, 0.1) is 13.8 Å². The number of amides is 2. The van der Waals surface area contributed by atoms with Crippen molar-refractivity contribution in [3.63, 3.8) is 0 Å². The second-order valence-electron chi connectivity index (χ2n) is 8.40. The first kappa shape index (κ1) is 22.1. The van der Waals surface area contributed by atoms with Crippen LogP contribution in [0.15, 0.2) is 30.5 Å². The zero-order chi connectivity index (χ0) is 22.8. The summed E-state index contributed by atoms with van der Waals surface area (Å²) in [5.41, 5.74) is 4.43. The van der Waals surface area contributed by atoms with Crippen LogP contribution in [0.5, 0.6) is 0 Å². The maximum Gasteiger partial charge on any atom is 0.414 e. The highest BCUT2D eigenvalue weighted by molar-refractivity contribution is 5.97. The lowest BCUT2D eigenvalue weighted by molar-refractivity contribution is 0.0745. The molecule has 1 atom stereocenters. The van der Waals surface area contributed by atoms with Crippen LogP contribution in [0.4, 0.5) is 16.3 Å². The summed E-state index contributed by atoms with van der Waals surface area (Å²) in [6.07, 6.45) is 2.42. The summed E-state index contributed by atoms with van der Waals surface area (Å²) in [7, 11) is 0. The van der Waals surface area contributed by atoms with Gasteiger partial charge in [0.1, 0.15) is 12.4 Å². The second-order valence-corrected chi connectivity index (χ2v) is 8.40. The molecule has 8 nitrogen and oxygen atoms in total. The standard InChI is InChI=1S/C24H30N4O4/c1-4-18-11-17(3)22(25-13-18)26-7-9-27(10-8-26)23(30)21-6-5-19(12-16(21)2)28-20(14-29)15-32-24(28)31/h5-6,11-13,20,29H,4,7-10,14-15H2,1-3H3/t20-/m1/s1. The lowest BCUT2D eigenvalue weighted by Gasteiger charge is -2.36. The molecule has 0 unspecified atom stereocenters. The van der Waals surface area contributed by atoms with Gasteiger partial charge in [0.2, 0.25) is 0 Å². The molecule has 32 heavy (non-hydrogen) atoms. The quantitative estimate of drug-likeness (QED) is 0.772. The molecule has 0 saturated carbocycles. The molecule has 2 fully saturated rings. The molecular weight excluding hydrogens is 408 g/mol. The summed E-state index contributed by atoms with van der Waals surface area (Å²) < 4.78 is 5.05. The van der Waals surface area contributed by atoms with E-state index in [0.717, 1.165) is 36.5 Å². The fourth-order valence-electron chi connectivity index (χ4n) is 4.39. The maximum absolute atomic E-state index is 13.2. The average molecular weight is 439 g/mol. The fraction of sp³-hybridized carbons (Fsp3) is 0.458. The molecule has 2 amide bonds. The Balaban J connectivity index is 1.44. The van der Waals surface area contributed by atoms with Crippen LogP contribution in [0.1, 0.15) is 34.0 Å². The number of carbonyl (C=O) groups is 2. The van der Waals surface area contributed by atoms with Gasteiger partial charge in [0, 0.05) is 43.6 Å². The van der Waals surface area contributed by atoms with Gasteiger partial charge in [-0.2, -0.15) is 0 Å². The predicted octanol–water partition coefficient (Wildman–Crippen LogP) is 2.54. The third kappa shape index (κ3) is 4.14. The van der Waals surface area contributed by atoms with E-state index in [1.807, 2.05) is 18.0 Å². The second kappa shape index (κ2) is 9.16. The normalized spacial score (nSPS) is 18.8. The van der Waals surface area contributed by atoms with Gasteiger partial charge in [-0.1, -0.05) is 13.0 Å². The van der Waals surface area contributed by atoms with Gasteiger partial charge in [-0.05, 0) is 55.2 Å². The van der Waals surface area contributed by atoms with Crippen LogP contribution in [-0.4, -0.2) is 72.4 Å². The fourth-order valence-corrected chi connectivity index (χ4v) is 4.39. The number of cyclic esters (lactones) is 1. The third-order valence-electron chi connectivity index (χ3n) is 6.27. The van der Waals surface area contributed by atoms with Gasteiger partial charge in [-0.25, -0.2) is 9.78 Å². The van der Waals surface area contributed by atoms with E-state index in [9.17, 15) is 14.7 Å². The van der Waals surface area contributed by atoms with Crippen molar-refractivity contribution in [1.29, 1.82) is 0 Å². The number of rotatable bonds is 5. The molecule has 0 bridgehead atoms. The van der Waals surface area contributed by atoms with E-state index in [1.54, 1.807) is 18.2 Å². The SMILES string of the molecule is CCc1cnc(N2CCN(C(=O)c3ccc(N4C(=O)OC[C@H]4CO)cc3C)CC2)c(C)c1. The molecule has 1 aromatic carbocycles. The molecule has 2 aromatic rings.